The summed E-state index contributed by atoms with van der Waals surface area (Å²) in [5.74, 6) is 0.384. The van der Waals surface area contributed by atoms with E-state index in [-0.39, 0.29) is 6.04 Å². The molecule has 0 aliphatic carbocycles. The van der Waals surface area contributed by atoms with Gasteiger partial charge in [-0.1, -0.05) is 31.8 Å². The smallest absolute Gasteiger partial charge is 0.217 e. The summed E-state index contributed by atoms with van der Waals surface area (Å²) >= 11 is 0. The van der Waals surface area contributed by atoms with Crippen LogP contribution in [0.3, 0.4) is 0 Å². The summed E-state index contributed by atoms with van der Waals surface area (Å²) in [7, 11) is 2.64. The molecule has 0 fully saturated rings. The highest BCUT2D eigenvalue weighted by Crippen LogP contribution is 2.14. The lowest BCUT2D eigenvalue weighted by Gasteiger charge is -2.33. The third kappa shape index (κ3) is 18.0. The Hall–Kier alpha value is -0.800. The van der Waals surface area contributed by atoms with Crippen LogP contribution in [0.25, 0.3) is 0 Å². The van der Waals surface area contributed by atoms with Crippen molar-refractivity contribution in [3.63, 3.8) is 0 Å². The molecule has 0 radical (unpaired) electrons. The topological polar surface area (TPSA) is 110 Å². The number of carbonyl (C=O) groups is 1. The number of quaternary nitrogens is 1. The minimum Gasteiger partial charge on any atom is -0.726 e. The van der Waals surface area contributed by atoms with Crippen LogP contribution >= 0.6 is 0 Å². The van der Waals surface area contributed by atoms with Crippen LogP contribution in [0.2, 0.25) is 0 Å². The van der Waals surface area contributed by atoms with Crippen LogP contribution < -0.4 is 5.73 Å². The average molecular weight is 395 g/mol. The van der Waals surface area contributed by atoms with Crippen molar-refractivity contribution in [1.82, 2.24) is 0 Å². The predicted octanol–water partition coefficient (Wildman–Crippen LogP) is 2.38. The molecule has 1 atom stereocenters. The number of allylic oxidation sites excluding steroid dienone is 1. The molecule has 0 amide bonds. The SMILES string of the molecule is C=CCCCCCCCCC(=O)C(CCN)[N+](C)(C)C.COS(=O)(=O)[O-]. The maximum Gasteiger partial charge on any atom is 0.217 e. The third-order valence-corrected chi connectivity index (χ3v) is 4.44. The van der Waals surface area contributed by atoms with Crippen molar-refractivity contribution in [3.05, 3.63) is 12.7 Å². The van der Waals surface area contributed by atoms with Gasteiger partial charge in [0, 0.05) is 12.8 Å². The summed E-state index contributed by atoms with van der Waals surface area (Å²) in [6.07, 6.45) is 11.9. The number of unbranched alkanes of at least 4 members (excludes halogenated alkanes) is 6. The number of ketones is 1. The maximum atomic E-state index is 12.3. The fourth-order valence-corrected chi connectivity index (χ4v) is 2.60. The van der Waals surface area contributed by atoms with Crippen LogP contribution in [-0.4, -0.2) is 64.1 Å². The summed E-state index contributed by atoms with van der Waals surface area (Å²) in [4.78, 5) is 12.3. The van der Waals surface area contributed by atoms with E-state index < -0.39 is 10.4 Å². The molecule has 1 unspecified atom stereocenters. The Bertz CT molecular complexity index is 472. The number of Topliss-reactive ketones (excluding diaryl/α,β-unsaturated/α-hetero) is 1. The van der Waals surface area contributed by atoms with Crippen LogP contribution in [0.15, 0.2) is 12.7 Å². The van der Waals surface area contributed by atoms with Gasteiger partial charge in [-0.05, 0) is 25.8 Å². The van der Waals surface area contributed by atoms with Crippen molar-refractivity contribution in [2.24, 2.45) is 5.73 Å². The quantitative estimate of drug-likeness (QED) is 0.159. The Balaban J connectivity index is 0. The second-order valence-corrected chi connectivity index (χ2v) is 8.35. The molecule has 2 N–H and O–H groups in total. The number of nitrogens with two attached hydrogens (primary N) is 1. The van der Waals surface area contributed by atoms with Crippen LogP contribution in [0, 0.1) is 0 Å². The molecule has 0 bridgehead atoms. The van der Waals surface area contributed by atoms with Crippen LogP contribution in [-0.2, 0) is 19.4 Å². The zero-order valence-electron chi connectivity index (χ0n) is 16.9. The van der Waals surface area contributed by atoms with E-state index in [9.17, 15) is 17.8 Å². The van der Waals surface area contributed by atoms with Crippen LogP contribution in [0.1, 0.15) is 57.8 Å². The molecular formula is C18H38N2O5S. The molecule has 0 aliphatic rings. The molecule has 0 aromatic carbocycles. The van der Waals surface area contributed by atoms with Gasteiger partial charge >= 0.3 is 0 Å². The van der Waals surface area contributed by atoms with Gasteiger partial charge in [0.05, 0.1) is 28.3 Å². The highest BCUT2D eigenvalue weighted by Gasteiger charge is 2.29. The average Bonchev–Trinajstić information content (AvgIpc) is 2.53. The fraction of sp³-hybridized carbons (Fsp3) is 0.833. The highest BCUT2D eigenvalue weighted by molar-refractivity contribution is 7.80. The zero-order valence-corrected chi connectivity index (χ0v) is 17.7. The first-order valence-corrected chi connectivity index (χ1v) is 10.5. The molecule has 0 rings (SSSR count). The van der Waals surface area contributed by atoms with Gasteiger partial charge in [-0.15, -0.1) is 6.58 Å². The summed E-state index contributed by atoms with van der Waals surface area (Å²) in [5, 5.41) is 0. The molecule has 0 aliphatic heterocycles. The monoisotopic (exact) mass is 394 g/mol. The lowest BCUT2D eigenvalue weighted by Crippen LogP contribution is -2.50. The molecule has 7 nitrogen and oxygen atoms in total. The zero-order chi connectivity index (χ0) is 20.6. The van der Waals surface area contributed by atoms with Gasteiger partial charge in [-0.25, -0.2) is 8.42 Å². The van der Waals surface area contributed by atoms with E-state index in [0.717, 1.165) is 26.4 Å². The number of rotatable bonds is 14. The van der Waals surface area contributed by atoms with E-state index in [1.54, 1.807) is 0 Å². The van der Waals surface area contributed by atoms with Crippen LogP contribution in [0.5, 0.6) is 0 Å². The molecule has 0 aromatic rings. The first kappa shape index (κ1) is 27.4. The van der Waals surface area contributed by atoms with Gasteiger partial charge in [0.15, 0.2) is 5.78 Å². The molecule has 0 spiro atoms. The van der Waals surface area contributed by atoms with Gasteiger partial charge in [-0.3, -0.25) is 8.98 Å². The standard InChI is InChI=1S/C17H35N2O.CH4O4S/c1-5-6-7-8-9-10-11-12-13-17(20)16(14-15-18)19(2,3)4;1-5-6(2,3)4/h5,16H,1,6-15,18H2,2-4H3;1H3,(H,2,3,4)/q+1;/p-1. The Morgan fingerprint density at radius 1 is 1.15 bits per heavy atom. The van der Waals surface area contributed by atoms with Gasteiger partial charge in [0.2, 0.25) is 10.4 Å². The third-order valence-electron chi connectivity index (χ3n) is 4.03. The first-order chi connectivity index (χ1) is 12.0. The summed E-state index contributed by atoms with van der Waals surface area (Å²) < 4.78 is 31.7. The minimum atomic E-state index is -4.41. The molecule has 0 saturated carbocycles. The van der Waals surface area contributed by atoms with Gasteiger partial charge < -0.3 is 14.8 Å². The number of carbonyl (C=O) groups excluding carboxylic acids is 1. The largest absolute Gasteiger partial charge is 0.726 e. The lowest BCUT2D eigenvalue weighted by molar-refractivity contribution is -0.886. The van der Waals surface area contributed by atoms with Crippen molar-refractivity contribution in [1.29, 1.82) is 0 Å². The number of hydrogen-bond donors (Lipinski definition) is 1. The molecule has 0 heterocycles. The van der Waals surface area contributed by atoms with Crippen molar-refractivity contribution in [3.8, 4) is 0 Å². The second-order valence-electron chi connectivity index (χ2n) is 7.20. The van der Waals surface area contributed by atoms with Crippen LogP contribution in [0.4, 0.5) is 0 Å². The molecule has 0 aromatic heterocycles. The molecule has 8 heteroatoms. The Labute approximate surface area is 160 Å². The highest BCUT2D eigenvalue weighted by atomic mass is 32.3. The number of likely N-dealkylation sites (N-methyl/N-ethyl adjacent to an activating group) is 1. The van der Waals surface area contributed by atoms with E-state index in [0.29, 0.717) is 23.2 Å². The van der Waals surface area contributed by atoms with Crippen molar-refractivity contribution in [2.75, 3.05) is 34.8 Å². The molecule has 0 saturated heterocycles. The molecule has 156 valence electrons. The first-order valence-electron chi connectivity index (χ1n) is 9.15. The Morgan fingerprint density at radius 3 is 2.00 bits per heavy atom. The molecular weight excluding hydrogens is 356 g/mol. The van der Waals surface area contributed by atoms with E-state index in [4.69, 9.17) is 5.73 Å². The summed E-state index contributed by atoms with van der Waals surface area (Å²) in [6, 6.07) is 0.0626. The fourth-order valence-electron chi connectivity index (χ4n) is 2.60. The van der Waals surface area contributed by atoms with E-state index >= 15 is 0 Å². The van der Waals surface area contributed by atoms with Gasteiger partial charge in [0.1, 0.15) is 6.04 Å². The second kappa shape index (κ2) is 15.3. The van der Waals surface area contributed by atoms with E-state index in [1.165, 1.54) is 32.1 Å². The number of hydrogen-bond acceptors (Lipinski definition) is 6. The lowest BCUT2D eigenvalue weighted by atomic mass is 10.00. The summed E-state index contributed by atoms with van der Waals surface area (Å²) in [5.41, 5.74) is 5.63. The van der Waals surface area contributed by atoms with Crippen molar-refractivity contribution >= 4 is 16.2 Å². The Morgan fingerprint density at radius 2 is 1.62 bits per heavy atom. The predicted molar refractivity (Wildman–Crippen MR) is 104 cm³/mol. The van der Waals surface area contributed by atoms with E-state index in [1.807, 2.05) is 6.08 Å². The van der Waals surface area contributed by atoms with Gasteiger partial charge in [0.25, 0.3) is 0 Å². The van der Waals surface area contributed by atoms with Crippen molar-refractivity contribution < 1.29 is 26.4 Å². The normalized spacial score (nSPS) is 12.8. The Kier molecular flexibility index (Phi) is 16.1. The van der Waals surface area contributed by atoms with Crippen molar-refractivity contribution in [2.45, 2.75) is 63.8 Å². The van der Waals surface area contributed by atoms with Gasteiger partial charge in [-0.2, -0.15) is 0 Å². The van der Waals surface area contributed by atoms with E-state index in [2.05, 4.69) is 31.9 Å². The maximum absolute atomic E-state index is 12.3. The minimum absolute atomic E-state index is 0.0626. The molecule has 26 heavy (non-hydrogen) atoms. The number of nitrogens with zero attached hydrogens (tertiary/aromatic N) is 1. The summed E-state index contributed by atoms with van der Waals surface area (Å²) in [6.45, 7) is 4.32.